The maximum atomic E-state index is 13.1. The topological polar surface area (TPSA) is 316 Å². The number of carboxylic acid groups (broad SMARTS) is 2. The van der Waals surface area contributed by atoms with Gasteiger partial charge in [0.2, 0.25) is 23.6 Å². The summed E-state index contributed by atoms with van der Waals surface area (Å²) in [5, 5.41) is 35.1. The lowest BCUT2D eigenvalue weighted by atomic mass is 10.0. The second-order valence-electron chi connectivity index (χ2n) is 9.05. The highest BCUT2D eigenvalue weighted by Gasteiger charge is 2.31. The van der Waals surface area contributed by atoms with Crippen LogP contribution in [0.3, 0.4) is 0 Å². The quantitative estimate of drug-likeness (QED) is 0.0461. The molecule has 4 atom stereocenters. The van der Waals surface area contributed by atoms with Gasteiger partial charge in [0.05, 0.1) is 12.5 Å². The smallest absolute Gasteiger partial charge is 0.326 e. The van der Waals surface area contributed by atoms with Gasteiger partial charge >= 0.3 is 11.9 Å². The molecule has 41 heavy (non-hydrogen) atoms. The first-order chi connectivity index (χ1) is 19.2. The minimum Gasteiger partial charge on any atom is -0.508 e. The second-order valence-corrected chi connectivity index (χ2v) is 9.05. The summed E-state index contributed by atoms with van der Waals surface area (Å²) < 4.78 is 0. The van der Waals surface area contributed by atoms with Crippen molar-refractivity contribution in [2.75, 3.05) is 6.54 Å². The molecule has 0 bridgehead atoms. The van der Waals surface area contributed by atoms with Gasteiger partial charge in [-0.2, -0.15) is 0 Å². The van der Waals surface area contributed by atoms with Crippen LogP contribution in [0.5, 0.6) is 5.75 Å². The highest BCUT2D eigenvalue weighted by molar-refractivity contribution is 5.95. The fourth-order valence-electron chi connectivity index (χ4n) is 3.48. The van der Waals surface area contributed by atoms with Crippen LogP contribution >= 0.6 is 0 Å². The number of aliphatic imine (C=N–C) groups is 1. The number of nitrogens with one attached hydrogen (secondary N) is 3. The number of rotatable bonds is 18. The molecular formula is C24H36N8O9. The van der Waals surface area contributed by atoms with Gasteiger partial charge < -0.3 is 54.2 Å². The molecule has 226 valence electrons. The van der Waals surface area contributed by atoms with E-state index in [0.717, 1.165) is 0 Å². The van der Waals surface area contributed by atoms with E-state index in [0.29, 0.717) is 5.56 Å². The first-order valence-corrected chi connectivity index (χ1v) is 12.4. The van der Waals surface area contributed by atoms with Gasteiger partial charge in [0.15, 0.2) is 5.96 Å². The Kier molecular flexibility index (Phi) is 14.1. The molecule has 0 aliphatic carbocycles. The second kappa shape index (κ2) is 16.9. The summed E-state index contributed by atoms with van der Waals surface area (Å²) in [6, 6.07) is -0.218. The van der Waals surface area contributed by atoms with E-state index in [1.54, 1.807) is 0 Å². The number of aromatic hydroxyl groups is 1. The predicted molar refractivity (Wildman–Crippen MR) is 144 cm³/mol. The number of hydrogen-bond acceptors (Lipinski definition) is 9. The van der Waals surface area contributed by atoms with Gasteiger partial charge in [-0.1, -0.05) is 12.1 Å². The highest BCUT2D eigenvalue weighted by Crippen LogP contribution is 2.12. The molecule has 0 radical (unpaired) electrons. The van der Waals surface area contributed by atoms with E-state index in [4.69, 9.17) is 22.9 Å². The Labute approximate surface area is 234 Å². The largest absolute Gasteiger partial charge is 0.508 e. The Bertz CT molecular complexity index is 1120. The van der Waals surface area contributed by atoms with Crippen molar-refractivity contribution in [3.63, 3.8) is 0 Å². The molecule has 0 aromatic heterocycles. The van der Waals surface area contributed by atoms with Gasteiger partial charge in [-0.05, 0) is 37.0 Å². The number of phenolic OH excluding ortho intramolecular Hbond substituents is 1. The Morgan fingerprint density at radius 2 is 1.37 bits per heavy atom. The lowest BCUT2D eigenvalue weighted by Gasteiger charge is -2.24. The summed E-state index contributed by atoms with van der Waals surface area (Å²) >= 11 is 0. The number of amides is 4. The number of benzene rings is 1. The zero-order chi connectivity index (χ0) is 31.1. The number of guanidine groups is 1. The third-order valence-electron chi connectivity index (χ3n) is 5.62. The molecule has 4 amide bonds. The molecular weight excluding hydrogens is 544 g/mol. The van der Waals surface area contributed by atoms with Crippen LogP contribution in [-0.4, -0.2) is 87.6 Å². The number of aliphatic carboxylic acids is 2. The van der Waals surface area contributed by atoms with E-state index in [2.05, 4.69) is 20.9 Å². The van der Waals surface area contributed by atoms with Crippen LogP contribution in [0.15, 0.2) is 29.3 Å². The van der Waals surface area contributed by atoms with Gasteiger partial charge in [-0.3, -0.25) is 29.0 Å². The number of primary amides is 1. The summed E-state index contributed by atoms with van der Waals surface area (Å²) in [5.41, 5.74) is 21.8. The van der Waals surface area contributed by atoms with Crippen LogP contribution in [-0.2, 0) is 35.2 Å². The molecule has 1 aromatic rings. The van der Waals surface area contributed by atoms with Crippen LogP contribution in [0.25, 0.3) is 0 Å². The van der Waals surface area contributed by atoms with E-state index in [1.165, 1.54) is 24.3 Å². The zero-order valence-electron chi connectivity index (χ0n) is 22.1. The molecule has 4 unspecified atom stereocenters. The van der Waals surface area contributed by atoms with Crippen LogP contribution in [0, 0.1) is 0 Å². The lowest BCUT2D eigenvalue weighted by molar-refractivity contribution is -0.143. The summed E-state index contributed by atoms with van der Waals surface area (Å²) in [6.07, 6.45) is -1.29. The first-order valence-electron chi connectivity index (χ1n) is 12.4. The molecule has 0 fully saturated rings. The molecule has 0 saturated heterocycles. The maximum absolute atomic E-state index is 13.1. The third kappa shape index (κ3) is 13.6. The molecule has 0 aliphatic heterocycles. The normalized spacial score (nSPS) is 13.5. The van der Waals surface area contributed by atoms with Crippen molar-refractivity contribution in [2.24, 2.45) is 27.9 Å². The zero-order valence-corrected chi connectivity index (χ0v) is 22.1. The first kappa shape index (κ1) is 34.1. The lowest BCUT2D eigenvalue weighted by Crippen LogP contribution is -2.57. The summed E-state index contributed by atoms with van der Waals surface area (Å²) in [6.45, 7) is 0.0757. The number of phenols is 1. The molecule has 0 aliphatic rings. The van der Waals surface area contributed by atoms with Crippen molar-refractivity contribution in [2.45, 2.75) is 62.7 Å². The maximum Gasteiger partial charge on any atom is 0.326 e. The van der Waals surface area contributed by atoms with Crippen LogP contribution < -0.4 is 38.9 Å². The monoisotopic (exact) mass is 580 g/mol. The molecule has 0 heterocycles. The van der Waals surface area contributed by atoms with Gasteiger partial charge in [-0.15, -0.1) is 0 Å². The highest BCUT2D eigenvalue weighted by atomic mass is 16.4. The van der Waals surface area contributed by atoms with Gasteiger partial charge in [0.1, 0.15) is 23.9 Å². The minimum atomic E-state index is -1.72. The van der Waals surface area contributed by atoms with Crippen molar-refractivity contribution in [1.82, 2.24) is 16.0 Å². The Morgan fingerprint density at radius 1 is 0.805 bits per heavy atom. The number of carbonyl (C=O) groups excluding carboxylic acids is 4. The van der Waals surface area contributed by atoms with Crippen molar-refractivity contribution in [3.05, 3.63) is 29.8 Å². The Morgan fingerprint density at radius 3 is 1.90 bits per heavy atom. The van der Waals surface area contributed by atoms with Crippen molar-refractivity contribution in [3.8, 4) is 5.75 Å². The average Bonchev–Trinajstić information content (AvgIpc) is 2.88. The minimum absolute atomic E-state index is 0.0531. The van der Waals surface area contributed by atoms with Crippen molar-refractivity contribution in [1.29, 1.82) is 0 Å². The van der Waals surface area contributed by atoms with E-state index in [9.17, 15) is 44.1 Å². The summed E-state index contributed by atoms with van der Waals surface area (Å²) in [5.74, 6) is -6.73. The Hall–Kier alpha value is -4.93. The fourth-order valence-corrected chi connectivity index (χ4v) is 3.48. The van der Waals surface area contributed by atoms with E-state index in [1.807, 2.05) is 0 Å². The predicted octanol–water partition coefficient (Wildman–Crippen LogP) is -3.41. The van der Waals surface area contributed by atoms with E-state index >= 15 is 0 Å². The number of nitrogens with zero attached hydrogens (tertiary/aromatic N) is 1. The number of carboxylic acids is 2. The molecule has 0 spiro atoms. The molecule has 1 aromatic carbocycles. The standard InChI is InChI=1S/C24H36N8O9/c25-14(7-8-18(26)34)20(37)30-15(2-1-9-29-24(27)28)21(38)31-16(11-19(35)36)22(39)32-17(23(40)41)10-12-3-5-13(33)6-4-12/h3-6,14-17,33H,1-2,7-11,25H2,(H2,26,34)(H,30,37)(H,31,38)(H,32,39)(H,35,36)(H,40,41)(H4,27,28,29). The van der Waals surface area contributed by atoms with E-state index in [-0.39, 0.29) is 50.4 Å². The van der Waals surface area contributed by atoms with Crippen LogP contribution in [0.1, 0.15) is 37.7 Å². The fraction of sp³-hybridized carbons (Fsp3) is 0.458. The molecule has 17 heteroatoms. The van der Waals surface area contributed by atoms with Crippen LogP contribution in [0.4, 0.5) is 0 Å². The SMILES string of the molecule is NC(=O)CCC(N)C(=O)NC(CCCN=C(N)N)C(=O)NC(CC(=O)O)C(=O)NC(Cc1ccc(O)cc1)C(=O)O. The van der Waals surface area contributed by atoms with Gasteiger partial charge in [0.25, 0.3) is 0 Å². The third-order valence-corrected chi connectivity index (χ3v) is 5.62. The number of carbonyl (C=O) groups is 6. The van der Waals surface area contributed by atoms with Gasteiger partial charge in [0, 0.05) is 19.4 Å². The molecule has 1 rings (SSSR count). The van der Waals surface area contributed by atoms with E-state index < -0.39 is 66.2 Å². The Balaban J connectivity index is 3.06. The van der Waals surface area contributed by atoms with Crippen molar-refractivity contribution < 1.29 is 44.1 Å². The van der Waals surface area contributed by atoms with Crippen LogP contribution in [0.2, 0.25) is 0 Å². The average molecular weight is 581 g/mol. The van der Waals surface area contributed by atoms with Gasteiger partial charge in [-0.25, -0.2) is 4.79 Å². The molecule has 17 nitrogen and oxygen atoms in total. The van der Waals surface area contributed by atoms with Crippen molar-refractivity contribution >= 4 is 41.5 Å². The molecule has 14 N–H and O–H groups in total. The molecule has 0 saturated carbocycles. The summed E-state index contributed by atoms with van der Waals surface area (Å²) in [4.78, 5) is 76.5. The number of nitrogens with two attached hydrogens (primary N) is 4. The summed E-state index contributed by atoms with van der Waals surface area (Å²) in [7, 11) is 0. The number of hydrogen-bond donors (Lipinski definition) is 10.